The van der Waals surface area contributed by atoms with Crippen LogP contribution >= 0.6 is 11.3 Å². The van der Waals surface area contributed by atoms with E-state index in [0.29, 0.717) is 13.1 Å². The number of aryl methyl sites for hydroxylation is 2. The molecule has 1 amide bonds. The number of primary amides is 1. The van der Waals surface area contributed by atoms with Crippen molar-refractivity contribution in [3.63, 3.8) is 0 Å². The zero-order valence-electron chi connectivity index (χ0n) is 10.4. The van der Waals surface area contributed by atoms with Gasteiger partial charge in [0, 0.05) is 24.2 Å². The summed E-state index contributed by atoms with van der Waals surface area (Å²) < 4.78 is 6.78. The summed E-state index contributed by atoms with van der Waals surface area (Å²) >= 11 is 1.63. The first-order valence-electron chi connectivity index (χ1n) is 5.64. The second-order valence-corrected chi connectivity index (χ2v) is 4.82. The molecule has 98 valence electrons. The van der Waals surface area contributed by atoms with Gasteiger partial charge in [-0.25, -0.2) is 9.78 Å². The van der Waals surface area contributed by atoms with Crippen molar-refractivity contribution >= 4 is 22.4 Å². The zero-order valence-corrected chi connectivity index (χ0v) is 11.2. The maximum Gasteiger partial charge on any atom is 0.404 e. The number of rotatable bonds is 5. The average molecular weight is 268 g/mol. The Balaban J connectivity index is 1.96. The molecular weight excluding hydrogens is 252 g/mol. The number of fused-ring (bicyclic) bond motifs is 1. The molecule has 0 aliphatic heterocycles. The van der Waals surface area contributed by atoms with Crippen molar-refractivity contribution in [2.45, 2.75) is 20.4 Å². The van der Waals surface area contributed by atoms with Gasteiger partial charge in [0.2, 0.25) is 0 Å². The van der Waals surface area contributed by atoms with Crippen LogP contribution < -0.4 is 11.1 Å². The molecule has 18 heavy (non-hydrogen) atoms. The van der Waals surface area contributed by atoms with Gasteiger partial charge >= 0.3 is 6.09 Å². The SMILES string of the molecule is Cc1nc2scc(C)n2c1CNCCOC(N)=O. The van der Waals surface area contributed by atoms with Crippen LogP contribution in [-0.4, -0.2) is 28.6 Å². The fraction of sp³-hybridized carbons (Fsp3) is 0.455. The summed E-state index contributed by atoms with van der Waals surface area (Å²) in [4.78, 5) is 15.9. The standard InChI is InChI=1S/C11H16N4O2S/c1-7-6-18-11-14-8(2)9(15(7)11)5-13-3-4-17-10(12)16/h6,13H,3-5H2,1-2H3,(H2,12,16). The normalized spacial score (nSPS) is 11.0. The molecule has 0 aromatic carbocycles. The van der Waals surface area contributed by atoms with Crippen molar-refractivity contribution in [3.8, 4) is 0 Å². The highest BCUT2D eigenvalue weighted by atomic mass is 32.1. The number of imidazole rings is 1. The molecule has 0 saturated carbocycles. The summed E-state index contributed by atoms with van der Waals surface area (Å²) in [5.41, 5.74) is 8.22. The largest absolute Gasteiger partial charge is 0.448 e. The number of hydrogen-bond donors (Lipinski definition) is 2. The Labute approximate surface area is 109 Å². The highest BCUT2D eigenvalue weighted by Crippen LogP contribution is 2.20. The molecule has 0 radical (unpaired) electrons. The first kappa shape index (κ1) is 12.8. The Morgan fingerprint density at radius 1 is 1.61 bits per heavy atom. The van der Waals surface area contributed by atoms with Gasteiger partial charge in [0.05, 0.1) is 11.4 Å². The lowest BCUT2D eigenvalue weighted by Crippen LogP contribution is -2.24. The molecule has 0 fully saturated rings. The Morgan fingerprint density at radius 2 is 2.39 bits per heavy atom. The number of nitrogens with two attached hydrogens (primary N) is 1. The maximum atomic E-state index is 10.4. The molecule has 7 heteroatoms. The second kappa shape index (κ2) is 5.36. The van der Waals surface area contributed by atoms with E-state index in [1.807, 2.05) is 6.92 Å². The first-order valence-corrected chi connectivity index (χ1v) is 6.52. The zero-order chi connectivity index (χ0) is 13.1. The van der Waals surface area contributed by atoms with E-state index in [4.69, 9.17) is 5.73 Å². The van der Waals surface area contributed by atoms with Gasteiger partial charge in [-0.05, 0) is 13.8 Å². The van der Waals surface area contributed by atoms with Crippen molar-refractivity contribution in [1.82, 2.24) is 14.7 Å². The van der Waals surface area contributed by atoms with Crippen LogP contribution in [0.2, 0.25) is 0 Å². The van der Waals surface area contributed by atoms with E-state index in [2.05, 4.69) is 31.7 Å². The number of thiazole rings is 1. The fourth-order valence-corrected chi connectivity index (χ4v) is 2.74. The van der Waals surface area contributed by atoms with Crippen LogP contribution in [0.25, 0.3) is 4.96 Å². The molecule has 0 aliphatic rings. The van der Waals surface area contributed by atoms with E-state index >= 15 is 0 Å². The van der Waals surface area contributed by atoms with Gasteiger partial charge in [0.25, 0.3) is 0 Å². The molecule has 2 aromatic rings. The number of nitrogens with zero attached hydrogens (tertiary/aromatic N) is 2. The van der Waals surface area contributed by atoms with Gasteiger partial charge < -0.3 is 15.8 Å². The number of ether oxygens (including phenoxy) is 1. The quantitative estimate of drug-likeness (QED) is 0.798. The monoisotopic (exact) mass is 268 g/mol. The third kappa shape index (κ3) is 2.62. The Kier molecular flexibility index (Phi) is 3.83. The van der Waals surface area contributed by atoms with Gasteiger partial charge in [-0.2, -0.15) is 0 Å². The minimum Gasteiger partial charge on any atom is -0.448 e. The van der Waals surface area contributed by atoms with Crippen molar-refractivity contribution in [2.24, 2.45) is 5.73 Å². The van der Waals surface area contributed by atoms with Crippen LogP contribution in [0.1, 0.15) is 17.1 Å². The Bertz CT molecular complexity index is 561. The highest BCUT2D eigenvalue weighted by Gasteiger charge is 2.11. The van der Waals surface area contributed by atoms with Crippen LogP contribution in [0.4, 0.5) is 4.79 Å². The van der Waals surface area contributed by atoms with E-state index in [9.17, 15) is 4.79 Å². The molecule has 6 nitrogen and oxygen atoms in total. The van der Waals surface area contributed by atoms with Crippen LogP contribution in [-0.2, 0) is 11.3 Å². The maximum absolute atomic E-state index is 10.4. The predicted octanol–water partition coefficient (Wildman–Crippen LogP) is 1.20. The molecular formula is C11H16N4O2S. The van der Waals surface area contributed by atoms with Gasteiger partial charge in [-0.3, -0.25) is 4.40 Å². The number of nitrogens with one attached hydrogen (secondary N) is 1. The summed E-state index contributed by atoms with van der Waals surface area (Å²) in [6.45, 7) is 5.59. The number of carbonyl (C=O) groups excluding carboxylic acids is 1. The molecule has 2 heterocycles. The van der Waals surface area contributed by atoms with E-state index in [-0.39, 0.29) is 6.61 Å². The molecule has 3 N–H and O–H groups in total. The summed E-state index contributed by atoms with van der Waals surface area (Å²) in [5.74, 6) is 0. The number of hydrogen-bond acceptors (Lipinski definition) is 5. The van der Waals surface area contributed by atoms with Crippen LogP contribution in [0.3, 0.4) is 0 Å². The van der Waals surface area contributed by atoms with Gasteiger partial charge in [0.15, 0.2) is 4.96 Å². The van der Waals surface area contributed by atoms with Crippen molar-refractivity contribution in [3.05, 3.63) is 22.5 Å². The topological polar surface area (TPSA) is 81.7 Å². The third-order valence-corrected chi connectivity index (χ3v) is 3.59. The lowest BCUT2D eigenvalue weighted by atomic mass is 10.3. The smallest absolute Gasteiger partial charge is 0.404 e. The molecule has 0 spiro atoms. The van der Waals surface area contributed by atoms with Crippen LogP contribution in [0.15, 0.2) is 5.38 Å². The molecule has 0 aliphatic carbocycles. The van der Waals surface area contributed by atoms with Crippen LogP contribution in [0, 0.1) is 13.8 Å². The highest BCUT2D eigenvalue weighted by molar-refractivity contribution is 7.15. The molecule has 0 unspecified atom stereocenters. The fourth-order valence-electron chi connectivity index (χ4n) is 1.81. The third-order valence-electron chi connectivity index (χ3n) is 2.65. The minimum atomic E-state index is -0.742. The van der Waals surface area contributed by atoms with Crippen molar-refractivity contribution < 1.29 is 9.53 Å². The van der Waals surface area contributed by atoms with Gasteiger partial charge in [0.1, 0.15) is 6.61 Å². The summed E-state index contributed by atoms with van der Waals surface area (Å²) in [6.07, 6.45) is -0.742. The van der Waals surface area contributed by atoms with Crippen LogP contribution in [0.5, 0.6) is 0 Å². The van der Waals surface area contributed by atoms with E-state index in [1.165, 1.54) is 5.69 Å². The second-order valence-electron chi connectivity index (χ2n) is 3.98. The molecule has 0 bridgehead atoms. The van der Waals surface area contributed by atoms with E-state index < -0.39 is 6.09 Å². The molecule has 0 saturated heterocycles. The first-order chi connectivity index (χ1) is 8.59. The van der Waals surface area contributed by atoms with Crippen molar-refractivity contribution in [2.75, 3.05) is 13.2 Å². The minimum absolute atomic E-state index is 0.277. The summed E-state index contributed by atoms with van der Waals surface area (Å²) in [7, 11) is 0. The number of amides is 1. The molecule has 0 atom stereocenters. The molecule has 2 rings (SSSR count). The number of aromatic nitrogens is 2. The summed E-state index contributed by atoms with van der Waals surface area (Å²) in [5, 5.41) is 5.29. The average Bonchev–Trinajstić information content (AvgIpc) is 2.79. The van der Waals surface area contributed by atoms with Gasteiger partial charge in [-0.15, -0.1) is 11.3 Å². The summed E-state index contributed by atoms with van der Waals surface area (Å²) in [6, 6.07) is 0. The lowest BCUT2D eigenvalue weighted by molar-refractivity contribution is 0.157. The Morgan fingerprint density at radius 3 is 3.11 bits per heavy atom. The van der Waals surface area contributed by atoms with Gasteiger partial charge in [-0.1, -0.05) is 0 Å². The van der Waals surface area contributed by atoms with Crippen molar-refractivity contribution in [1.29, 1.82) is 0 Å². The lowest BCUT2D eigenvalue weighted by Gasteiger charge is -2.06. The Hall–Kier alpha value is -1.60. The van der Waals surface area contributed by atoms with E-state index in [0.717, 1.165) is 16.3 Å². The van der Waals surface area contributed by atoms with E-state index in [1.54, 1.807) is 11.3 Å². The predicted molar refractivity (Wildman–Crippen MR) is 69.8 cm³/mol. The number of carbonyl (C=O) groups is 1. The molecule has 2 aromatic heterocycles.